The maximum Gasteiger partial charge on any atom is 0.255 e. The van der Waals surface area contributed by atoms with E-state index in [1.165, 1.54) is 0 Å². The molecule has 2 aromatic heterocycles. The number of carbonyl (C=O) groups excluding carboxylic acids is 2. The van der Waals surface area contributed by atoms with Gasteiger partial charge in [-0.25, -0.2) is 0 Å². The molecule has 3 aromatic rings. The molecular weight excluding hydrogens is 360 g/mol. The number of amides is 2. The number of aromatic nitrogens is 1. The Hall–Kier alpha value is -2.93. The number of rotatable bonds is 3. The average Bonchev–Trinajstić information content (AvgIpc) is 3.17. The van der Waals surface area contributed by atoms with Crippen LogP contribution in [0.4, 0.5) is 5.69 Å². The Labute approximate surface area is 161 Å². The molecule has 0 aliphatic carbocycles. The fraction of sp³-hybridized carbons (Fsp3) is 0.250. The van der Waals surface area contributed by atoms with Gasteiger partial charge in [0.1, 0.15) is 0 Å². The predicted molar refractivity (Wildman–Crippen MR) is 107 cm³/mol. The fourth-order valence-corrected chi connectivity index (χ4v) is 4.01. The zero-order valence-electron chi connectivity index (χ0n) is 14.8. The van der Waals surface area contributed by atoms with Gasteiger partial charge in [0.2, 0.25) is 5.91 Å². The Balaban J connectivity index is 1.35. The van der Waals surface area contributed by atoms with Crippen LogP contribution in [0.25, 0.3) is 10.2 Å². The SMILES string of the molecule is Nc1ccc(CC(=O)N2CCN(C(=O)c3cnc4ccsc4c3)CC2)cc1. The number of thiophene rings is 1. The molecule has 1 aromatic carbocycles. The van der Waals surface area contributed by atoms with Crippen LogP contribution in [-0.2, 0) is 11.2 Å². The van der Waals surface area contributed by atoms with E-state index in [0.29, 0.717) is 43.9 Å². The van der Waals surface area contributed by atoms with Crippen LogP contribution in [0.5, 0.6) is 0 Å². The molecule has 2 N–H and O–H groups in total. The Morgan fingerprint density at radius 3 is 2.48 bits per heavy atom. The molecule has 1 aliphatic heterocycles. The average molecular weight is 380 g/mol. The number of hydrogen-bond donors (Lipinski definition) is 1. The molecule has 0 atom stereocenters. The first-order chi connectivity index (χ1) is 13.1. The van der Waals surface area contributed by atoms with E-state index in [0.717, 1.165) is 15.8 Å². The molecule has 138 valence electrons. The second-order valence-electron chi connectivity index (χ2n) is 6.62. The second kappa shape index (κ2) is 7.36. The third kappa shape index (κ3) is 3.78. The number of benzene rings is 1. The fourth-order valence-electron chi connectivity index (χ4n) is 3.23. The predicted octanol–water partition coefficient (Wildman–Crippen LogP) is 2.41. The third-order valence-corrected chi connectivity index (χ3v) is 5.66. The molecule has 0 unspecified atom stereocenters. The highest BCUT2D eigenvalue weighted by Crippen LogP contribution is 2.20. The standard InChI is InChI=1S/C20H20N4O2S/c21-16-3-1-14(2-4-16)11-19(25)23-6-8-24(9-7-23)20(26)15-12-18-17(22-13-15)5-10-27-18/h1-5,10,12-13H,6-9,11,21H2. The molecule has 6 nitrogen and oxygen atoms in total. The number of nitrogens with zero attached hydrogens (tertiary/aromatic N) is 3. The van der Waals surface area contributed by atoms with E-state index in [4.69, 9.17) is 5.73 Å². The van der Waals surface area contributed by atoms with Gasteiger partial charge >= 0.3 is 0 Å². The third-order valence-electron chi connectivity index (χ3n) is 4.80. The van der Waals surface area contributed by atoms with Crippen molar-refractivity contribution < 1.29 is 9.59 Å². The van der Waals surface area contributed by atoms with Crippen molar-refractivity contribution in [2.24, 2.45) is 0 Å². The lowest BCUT2D eigenvalue weighted by molar-refractivity contribution is -0.131. The van der Waals surface area contributed by atoms with E-state index in [1.807, 2.05) is 34.5 Å². The van der Waals surface area contributed by atoms with Gasteiger partial charge in [-0.3, -0.25) is 14.6 Å². The molecule has 4 rings (SSSR count). The molecule has 1 saturated heterocycles. The van der Waals surface area contributed by atoms with Gasteiger partial charge in [-0.05, 0) is 35.2 Å². The van der Waals surface area contributed by atoms with Crippen LogP contribution in [-0.4, -0.2) is 52.8 Å². The number of pyridine rings is 1. The molecule has 2 amide bonds. The minimum absolute atomic E-state index is 0.0246. The summed E-state index contributed by atoms with van der Waals surface area (Å²) in [5.41, 5.74) is 8.83. The van der Waals surface area contributed by atoms with Crippen LogP contribution in [0.2, 0.25) is 0 Å². The topological polar surface area (TPSA) is 79.5 Å². The molecule has 0 radical (unpaired) electrons. The largest absolute Gasteiger partial charge is 0.399 e. The van der Waals surface area contributed by atoms with Crippen LogP contribution < -0.4 is 5.73 Å². The van der Waals surface area contributed by atoms with Crippen LogP contribution in [0.15, 0.2) is 48.0 Å². The molecular formula is C20H20N4O2S. The first kappa shape index (κ1) is 17.5. The van der Waals surface area contributed by atoms with E-state index in [-0.39, 0.29) is 11.8 Å². The van der Waals surface area contributed by atoms with E-state index >= 15 is 0 Å². The number of hydrogen-bond acceptors (Lipinski definition) is 5. The highest BCUT2D eigenvalue weighted by molar-refractivity contribution is 7.17. The van der Waals surface area contributed by atoms with Crippen molar-refractivity contribution in [2.75, 3.05) is 31.9 Å². The van der Waals surface area contributed by atoms with E-state index in [9.17, 15) is 9.59 Å². The molecule has 1 aliphatic rings. The Bertz CT molecular complexity index is 975. The van der Waals surface area contributed by atoms with E-state index < -0.39 is 0 Å². The van der Waals surface area contributed by atoms with Crippen molar-refractivity contribution in [2.45, 2.75) is 6.42 Å². The van der Waals surface area contributed by atoms with E-state index in [2.05, 4.69) is 4.98 Å². The van der Waals surface area contributed by atoms with E-state index in [1.54, 1.807) is 34.6 Å². The monoisotopic (exact) mass is 380 g/mol. The van der Waals surface area contributed by atoms with Crippen molar-refractivity contribution in [1.82, 2.24) is 14.8 Å². The van der Waals surface area contributed by atoms with Gasteiger partial charge in [0.25, 0.3) is 5.91 Å². The smallest absolute Gasteiger partial charge is 0.255 e. The number of fused-ring (bicyclic) bond motifs is 1. The first-order valence-corrected chi connectivity index (χ1v) is 9.73. The van der Waals surface area contributed by atoms with Gasteiger partial charge in [0, 0.05) is 38.1 Å². The number of piperazine rings is 1. The number of anilines is 1. The van der Waals surface area contributed by atoms with Crippen molar-refractivity contribution in [1.29, 1.82) is 0 Å². The van der Waals surface area contributed by atoms with Crippen LogP contribution in [0.3, 0.4) is 0 Å². The summed E-state index contributed by atoms with van der Waals surface area (Å²) < 4.78 is 1.01. The van der Waals surface area contributed by atoms with Crippen molar-refractivity contribution >= 4 is 39.1 Å². The van der Waals surface area contributed by atoms with Gasteiger partial charge < -0.3 is 15.5 Å². The zero-order chi connectivity index (χ0) is 18.8. The molecule has 0 bridgehead atoms. The Kier molecular flexibility index (Phi) is 4.77. The summed E-state index contributed by atoms with van der Waals surface area (Å²) in [6.07, 6.45) is 1.99. The Morgan fingerprint density at radius 2 is 1.74 bits per heavy atom. The second-order valence-corrected chi connectivity index (χ2v) is 7.57. The lowest BCUT2D eigenvalue weighted by Gasteiger charge is -2.34. The van der Waals surface area contributed by atoms with Crippen LogP contribution in [0.1, 0.15) is 15.9 Å². The van der Waals surface area contributed by atoms with Gasteiger partial charge in [-0.15, -0.1) is 11.3 Å². The lowest BCUT2D eigenvalue weighted by atomic mass is 10.1. The van der Waals surface area contributed by atoms with Gasteiger partial charge in [0.05, 0.1) is 22.2 Å². The molecule has 27 heavy (non-hydrogen) atoms. The van der Waals surface area contributed by atoms with Gasteiger partial charge in [-0.1, -0.05) is 12.1 Å². The molecule has 1 fully saturated rings. The maximum absolute atomic E-state index is 12.7. The normalized spacial score (nSPS) is 14.5. The number of nitrogens with two attached hydrogens (primary N) is 1. The number of nitrogen functional groups attached to an aromatic ring is 1. The highest BCUT2D eigenvalue weighted by atomic mass is 32.1. The van der Waals surface area contributed by atoms with Crippen LogP contribution in [0, 0.1) is 0 Å². The minimum Gasteiger partial charge on any atom is -0.399 e. The summed E-state index contributed by atoms with van der Waals surface area (Å²) in [4.78, 5) is 33.2. The van der Waals surface area contributed by atoms with Crippen molar-refractivity contribution in [3.8, 4) is 0 Å². The summed E-state index contributed by atoms with van der Waals surface area (Å²) in [6.45, 7) is 2.17. The summed E-state index contributed by atoms with van der Waals surface area (Å²) >= 11 is 1.58. The van der Waals surface area contributed by atoms with Gasteiger partial charge in [0.15, 0.2) is 0 Å². The minimum atomic E-state index is -0.0246. The first-order valence-electron chi connectivity index (χ1n) is 8.85. The lowest BCUT2D eigenvalue weighted by Crippen LogP contribution is -2.51. The maximum atomic E-state index is 12.7. The summed E-state index contributed by atoms with van der Waals surface area (Å²) in [5, 5.41) is 1.97. The summed E-state index contributed by atoms with van der Waals surface area (Å²) in [7, 11) is 0. The molecule has 7 heteroatoms. The Morgan fingerprint density at radius 1 is 1.04 bits per heavy atom. The molecule has 0 saturated carbocycles. The van der Waals surface area contributed by atoms with Crippen LogP contribution >= 0.6 is 11.3 Å². The molecule has 0 spiro atoms. The quantitative estimate of drug-likeness (QED) is 0.708. The van der Waals surface area contributed by atoms with Crippen molar-refractivity contribution in [3.63, 3.8) is 0 Å². The summed E-state index contributed by atoms with van der Waals surface area (Å²) in [5.74, 6) is 0.0528. The number of carbonyl (C=O) groups is 2. The zero-order valence-corrected chi connectivity index (χ0v) is 15.6. The summed E-state index contributed by atoms with van der Waals surface area (Å²) in [6, 6.07) is 11.2. The molecule has 3 heterocycles. The highest BCUT2D eigenvalue weighted by Gasteiger charge is 2.25. The van der Waals surface area contributed by atoms with Crippen molar-refractivity contribution in [3.05, 3.63) is 59.1 Å². The van der Waals surface area contributed by atoms with Gasteiger partial charge in [-0.2, -0.15) is 0 Å².